The minimum Gasteiger partial charge on any atom is -0.354 e. The zero-order valence-corrected chi connectivity index (χ0v) is 24.8. The molecule has 3 aromatic rings. The fourth-order valence-corrected chi connectivity index (χ4v) is 5.23. The number of para-hydroxylation sites is 1. The number of carbonyl (C=O) groups excluding carboxylic acids is 2. The third-order valence-electron chi connectivity index (χ3n) is 6.09. The molecular weight excluding hydrogens is 576 g/mol. The Balaban J connectivity index is 2.07. The highest BCUT2D eigenvalue weighted by Crippen LogP contribution is 2.26. The summed E-state index contributed by atoms with van der Waals surface area (Å²) < 4.78 is 40.8. The predicted molar refractivity (Wildman–Crippen MR) is 157 cm³/mol. The zero-order chi connectivity index (χ0) is 29.4. The molecule has 3 rings (SSSR count). The lowest BCUT2D eigenvalue weighted by molar-refractivity contribution is -0.140. The van der Waals surface area contributed by atoms with Crippen LogP contribution in [0.4, 0.5) is 10.1 Å². The van der Waals surface area contributed by atoms with Gasteiger partial charge in [0.05, 0.1) is 22.0 Å². The molecule has 11 heteroatoms. The third-order valence-corrected chi connectivity index (χ3v) is 7.96. The van der Waals surface area contributed by atoms with E-state index >= 15 is 0 Å². The maximum Gasteiger partial charge on any atom is 0.244 e. The monoisotopic (exact) mass is 607 g/mol. The number of anilines is 1. The van der Waals surface area contributed by atoms with E-state index in [1.54, 1.807) is 18.2 Å². The average molecular weight is 609 g/mol. The van der Waals surface area contributed by atoms with Crippen molar-refractivity contribution in [2.75, 3.05) is 23.7 Å². The van der Waals surface area contributed by atoms with Crippen LogP contribution in [0.2, 0.25) is 10.0 Å². The van der Waals surface area contributed by atoms with E-state index in [9.17, 15) is 22.4 Å². The SMILES string of the molecule is CC(C)CNC(=O)[C@H](Cc1ccccc1)N(Cc1ccc(Cl)c(Cl)c1)C(=O)CN(c1ccccc1F)S(C)(=O)=O. The van der Waals surface area contributed by atoms with Crippen molar-refractivity contribution in [3.63, 3.8) is 0 Å². The Hall–Kier alpha value is -3.14. The maximum atomic E-state index is 14.7. The lowest BCUT2D eigenvalue weighted by atomic mass is 10.0. The summed E-state index contributed by atoms with van der Waals surface area (Å²) in [5, 5.41) is 3.48. The van der Waals surface area contributed by atoms with Crippen molar-refractivity contribution >= 4 is 50.7 Å². The van der Waals surface area contributed by atoms with Crippen molar-refractivity contribution in [1.29, 1.82) is 0 Å². The third kappa shape index (κ3) is 8.68. The number of nitrogens with one attached hydrogen (secondary N) is 1. The lowest BCUT2D eigenvalue weighted by Gasteiger charge is -2.33. The molecule has 0 fully saturated rings. The molecule has 40 heavy (non-hydrogen) atoms. The topological polar surface area (TPSA) is 86.8 Å². The summed E-state index contributed by atoms with van der Waals surface area (Å²) in [5.74, 6) is -1.74. The van der Waals surface area contributed by atoms with Crippen LogP contribution in [0.3, 0.4) is 0 Å². The molecule has 0 aliphatic carbocycles. The molecule has 0 spiro atoms. The van der Waals surface area contributed by atoms with E-state index in [-0.39, 0.29) is 29.6 Å². The normalized spacial score (nSPS) is 12.2. The maximum absolute atomic E-state index is 14.7. The Morgan fingerprint density at radius 2 is 1.57 bits per heavy atom. The second kappa shape index (κ2) is 14.0. The summed E-state index contributed by atoms with van der Waals surface area (Å²) >= 11 is 12.3. The largest absolute Gasteiger partial charge is 0.354 e. The van der Waals surface area contributed by atoms with Gasteiger partial charge in [-0.3, -0.25) is 13.9 Å². The molecule has 1 N–H and O–H groups in total. The first-order valence-electron chi connectivity index (χ1n) is 12.6. The van der Waals surface area contributed by atoms with Crippen LogP contribution >= 0.6 is 23.2 Å². The number of carbonyl (C=O) groups is 2. The first-order chi connectivity index (χ1) is 18.9. The second-order valence-corrected chi connectivity index (χ2v) is 12.6. The molecule has 3 aromatic carbocycles. The summed E-state index contributed by atoms with van der Waals surface area (Å²) in [7, 11) is -4.07. The van der Waals surface area contributed by atoms with Crippen LogP contribution in [0.5, 0.6) is 0 Å². The Kier molecular flexibility index (Phi) is 11.0. The van der Waals surface area contributed by atoms with Crippen LogP contribution in [0.1, 0.15) is 25.0 Å². The number of benzene rings is 3. The van der Waals surface area contributed by atoms with Gasteiger partial charge in [-0.15, -0.1) is 0 Å². The van der Waals surface area contributed by atoms with Crippen LogP contribution in [-0.2, 0) is 32.6 Å². The molecule has 7 nitrogen and oxygen atoms in total. The molecule has 0 saturated carbocycles. The smallest absolute Gasteiger partial charge is 0.244 e. The first kappa shape index (κ1) is 31.4. The fraction of sp³-hybridized carbons (Fsp3) is 0.310. The van der Waals surface area contributed by atoms with Crippen LogP contribution in [0.25, 0.3) is 0 Å². The van der Waals surface area contributed by atoms with Crippen molar-refractivity contribution in [1.82, 2.24) is 10.2 Å². The lowest BCUT2D eigenvalue weighted by Crippen LogP contribution is -2.53. The number of amides is 2. The number of nitrogens with zero attached hydrogens (tertiary/aromatic N) is 2. The Labute approximate surface area is 244 Å². The molecule has 0 unspecified atom stereocenters. The van der Waals surface area contributed by atoms with Crippen LogP contribution < -0.4 is 9.62 Å². The van der Waals surface area contributed by atoms with Crippen LogP contribution in [0, 0.1) is 11.7 Å². The molecule has 1 atom stereocenters. The van der Waals surface area contributed by atoms with E-state index in [2.05, 4.69) is 5.32 Å². The van der Waals surface area contributed by atoms with Gasteiger partial charge in [0.1, 0.15) is 18.4 Å². The van der Waals surface area contributed by atoms with Crippen molar-refractivity contribution in [2.24, 2.45) is 5.92 Å². The quantitative estimate of drug-likeness (QED) is 0.302. The van der Waals surface area contributed by atoms with Gasteiger partial charge in [-0.1, -0.05) is 85.6 Å². The summed E-state index contributed by atoms with van der Waals surface area (Å²) in [4.78, 5) is 28.9. The summed E-state index contributed by atoms with van der Waals surface area (Å²) in [6.45, 7) is 3.48. The molecule has 0 aliphatic heterocycles. The molecular formula is C29H32Cl2FN3O4S. The second-order valence-electron chi connectivity index (χ2n) is 9.84. The number of sulfonamides is 1. The zero-order valence-electron chi connectivity index (χ0n) is 22.5. The summed E-state index contributed by atoms with van der Waals surface area (Å²) in [6, 6.07) is 18.3. The van der Waals surface area contributed by atoms with Gasteiger partial charge in [-0.25, -0.2) is 12.8 Å². The highest BCUT2D eigenvalue weighted by molar-refractivity contribution is 7.92. The standard InChI is InChI=1S/C29H32Cl2FN3O4S/c1-20(2)17-33-29(37)27(16-21-9-5-4-6-10-21)34(18-22-13-14-23(30)24(31)15-22)28(36)19-35(40(3,38)39)26-12-8-7-11-25(26)32/h4-15,20,27H,16-19H2,1-3H3,(H,33,37)/t27-/m0/s1. The van der Waals surface area contributed by atoms with E-state index in [1.807, 2.05) is 44.2 Å². The minimum absolute atomic E-state index is 0.0722. The molecule has 0 heterocycles. The summed E-state index contributed by atoms with van der Waals surface area (Å²) in [6.07, 6.45) is 1.06. The van der Waals surface area contributed by atoms with Crippen molar-refractivity contribution in [2.45, 2.75) is 32.9 Å². The molecule has 0 aromatic heterocycles. The Morgan fingerprint density at radius 1 is 0.925 bits per heavy atom. The molecule has 0 saturated heterocycles. The van der Waals surface area contributed by atoms with Crippen LogP contribution in [0.15, 0.2) is 72.8 Å². The first-order valence-corrected chi connectivity index (χ1v) is 15.2. The molecule has 0 aliphatic rings. The molecule has 0 bridgehead atoms. The van der Waals surface area contributed by atoms with Gasteiger partial charge >= 0.3 is 0 Å². The average Bonchev–Trinajstić information content (AvgIpc) is 2.90. The molecule has 2 amide bonds. The Bertz CT molecular complexity index is 1440. The van der Waals surface area contributed by atoms with Crippen molar-refractivity contribution in [3.8, 4) is 0 Å². The Morgan fingerprint density at radius 3 is 2.17 bits per heavy atom. The van der Waals surface area contributed by atoms with Gasteiger partial charge in [0.2, 0.25) is 21.8 Å². The number of rotatable bonds is 12. The summed E-state index contributed by atoms with van der Waals surface area (Å²) in [5.41, 5.74) is 1.11. The van der Waals surface area contributed by atoms with E-state index in [0.717, 1.165) is 17.9 Å². The van der Waals surface area contributed by atoms with E-state index in [4.69, 9.17) is 23.2 Å². The van der Waals surface area contributed by atoms with Gasteiger partial charge < -0.3 is 10.2 Å². The van der Waals surface area contributed by atoms with Crippen molar-refractivity contribution < 1.29 is 22.4 Å². The number of hydrogen-bond donors (Lipinski definition) is 1. The number of halogens is 3. The van der Waals surface area contributed by atoms with Gasteiger partial charge in [0.25, 0.3) is 0 Å². The van der Waals surface area contributed by atoms with E-state index < -0.39 is 40.2 Å². The highest BCUT2D eigenvalue weighted by Gasteiger charge is 2.33. The van der Waals surface area contributed by atoms with Crippen LogP contribution in [-0.4, -0.2) is 50.5 Å². The predicted octanol–water partition coefficient (Wildman–Crippen LogP) is 5.31. The molecule has 214 valence electrons. The number of hydrogen-bond acceptors (Lipinski definition) is 4. The minimum atomic E-state index is -4.07. The van der Waals surface area contributed by atoms with Gasteiger partial charge in [0, 0.05) is 19.5 Å². The van der Waals surface area contributed by atoms with Gasteiger partial charge in [-0.2, -0.15) is 0 Å². The van der Waals surface area contributed by atoms with Gasteiger partial charge in [0.15, 0.2) is 0 Å². The van der Waals surface area contributed by atoms with E-state index in [1.165, 1.54) is 23.1 Å². The van der Waals surface area contributed by atoms with Crippen molar-refractivity contribution in [3.05, 3.63) is 99.8 Å². The van der Waals surface area contributed by atoms with Gasteiger partial charge in [-0.05, 0) is 41.3 Å². The fourth-order valence-electron chi connectivity index (χ4n) is 4.06. The van der Waals surface area contributed by atoms with E-state index in [0.29, 0.717) is 21.4 Å². The molecule has 0 radical (unpaired) electrons. The highest BCUT2D eigenvalue weighted by atomic mass is 35.5.